The molecule has 0 amide bonds. The summed E-state index contributed by atoms with van der Waals surface area (Å²) < 4.78 is 38.9. The van der Waals surface area contributed by atoms with Crippen molar-refractivity contribution in [3.8, 4) is 0 Å². The number of hydrogen-bond donors (Lipinski definition) is 0. The number of hydrogen-bond acceptors (Lipinski definition) is 1. The molecule has 11 heavy (non-hydrogen) atoms. The van der Waals surface area contributed by atoms with Crippen molar-refractivity contribution in [3.05, 3.63) is 12.1 Å². The van der Waals surface area contributed by atoms with Crippen LogP contribution in [0.25, 0.3) is 0 Å². The Balaban J connectivity index is 0. The Bertz CT molecular complexity index is 115. The molecule has 60 valence electrons. The Kier molecular flexibility index (Phi) is 10.5. The minimum absolute atomic E-state index is 0. The molecule has 0 fully saturated rings. The quantitative estimate of drug-likeness (QED) is 0.408. The fourth-order valence-electron chi connectivity index (χ4n) is 0.396. The number of halogens is 3. The molecule has 0 bridgehead atoms. The van der Waals surface area contributed by atoms with E-state index in [9.17, 15) is 12.9 Å². The second-order valence-corrected chi connectivity index (χ2v) is 1.71. The molecule has 0 aliphatic carbocycles. The summed E-state index contributed by atoms with van der Waals surface area (Å²) in [6, 6.07) is 0. The van der Waals surface area contributed by atoms with E-state index in [1.165, 1.54) is 0 Å². The Hall–Kier alpha value is 1.19. The van der Waals surface area contributed by atoms with E-state index in [4.69, 9.17) is 0 Å². The summed E-state index contributed by atoms with van der Waals surface area (Å²) in [5.74, 6) is 0.232. The maximum atomic E-state index is 11.4. The van der Waals surface area contributed by atoms with Gasteiger partial charge in [0.25, 0.3) is 0 Å². The van der Waals surface area contributed by atoms with Crippen molar-refractivity contribution in [2.24, 2.45) is 0 Å². The van der Waals surface area contributed by atoms with Crippen LogP contribution in [0.2, 0.25) is 0 Å². The Morgan fingerprint density at radius 1 is 1.36 bits per heavy atom. The van der Waals surface area contributed by atoms with E-state index in [0.717, 1.165) is 6.08 Å². The van der Waals surface area contributed by atoms with Gasteiger partial charge >= 0.3 is 58.4 Å². The van der Waals surface area contributed by atoms with Crippen LogP contribution in [0, 0.1) is 0 Å². The van der Waals surface area contributed by atoms with Gasteiger partial charge in [-0.15, -0.1) is 5.98 Å². The van der Waals surface area contributed by atoms with Gasteiger partial charge in [0, 0.05) is 6.61 Å². The number of rotatable bonds is 4. The molecule has 0 N–H and O–H groups in total. The maximum absolute atomic E-state index is 11.4. The minimum Gasteiger partial charge on any atom is -0.445 e. The molecule has 0 aromatic carbocycles. The molecule has 0 saturated heterocycles. The van der Waals surface area contributed by atoms with E-state index in [0.29, 0.717) is 6.61 Å². The van der Waals surface area contributed by atoms with Crippen LogP contribution in [0.3, 0.4) is 0 Å². The van der Waals surface area contributed by atoms with Crippen LogP contribution in [0.5, 0.6) is 0 Å². The van der Waals surface area contributed by atoms with E-state index in [1.807, 2.05) is 0 Å². The molecule has 1 nitrogen and oxygen atoms in total. The zero-order chi connectivity index (χ0) is 8.04. The summed E-state index contributed by atoms with van der Waals surface area (Å²) in [4.78, 5) is 0. The maximum Gasteiger partial charge on any atom is 1.00 e. The molecular formula is C5H9BF3KO. The molecule has 0 radical (unpaired) electrons. The average Bonchev–Trinajstić information content (AvgIpc) is 1.78. The van der Waals surface area contributed by atoms with Crippen LogP contribution in [0.1, 0.15) is 6.92 Å². The third-order valence-corrected chi connectivity index (χ3v) is 0.773. The Morgan fingerprint density at radius 2 is 1.91 bits per heavy atom. The van der Waals surface area contributed by atoms with Gasteiger partial charge in [0.15, 0.2) is 0 Å². The van der Waals surface area contributed by atoms with E-state index in [1.54, 1.807) is 6.92 Å². The zero-order valence-electron chi connectivity index (χ0n) is 6.69. The largest absolute Gasteiger partial charge is 1.00 e. The fourth-order valence-corrected chi connectivity index (χ4v) is 0.396. The molecule has 0 unspecified atom stereocenters. The van der Waals surface area contributed by atoms with Crippen molar-refractivity contribution >= 4 is 6.98 Å². The van der Waals surface area contributed by atoms with Crippen LogP contribution >= 0.6 is 0 Å². The first kappa shape index (κ1) is 14.7. The minimum atomic E-state index is -4.78. The standard InChI is InChI=1S/C5H9BF3O.K/c1-2-10-5-3-4-6(7,8)9;/h3-4H,2,5H2,1H3;/q-1;+1/b4-3+;. The second kappa shape index (κ2) is 7.82. The van der Waals surface area contributed by atoms with Crippen LogP contribution in [-0.4, -0.2) is 20.2 Å². The molecule has 0 heterocycles. The number of ether oxygens (including phenoxy) is 1. The Morgan fingerprint density at radius 3 is 2.27 bits per heavy atom. The van der Waals surface area contributed by atoms with Gasteiger partial charge < -0.3 is 17.7 Å². The predicted molar refractivity (Wildman–Crippen MR) is 34.7 cm³/mol. The smallest absolute Gasteiger partial charge is 0.445 e. The van der Waals surface area contributed by atoms with E-state index >= 15 is 0 Å². The van der Waals surface area contributed by atoms with Crippen molar-refractivity contribution in [3.63, 3.8) is 0 Å². The third kappa shape index (κ3) is 14.1. The van der Waals surface area contributed by atoms with Gasteiger partial charge in [-0.05, 0) is 6.92 Å². The van der Waals surface area contributed by atoms with Crippen molar-refractivity contribution in [1.29, 1.82) is 0 Å². The van der Waals surface area contributed by atoms with Crippen molar-refractivity contribution < 1.29 is 69.1 Å². The normalized spacial score (nSPS) is 11.6. The molecule has 0 spiro atoms. The molecule has 0 atom stereocenters. The summed E-state index contributed by atoms with van der Waals surface area (Å²) >= 11 is 0. The van der Waals surface area contributed by atoms with Gasteiger partial charge in [0.05, 0.1) is 6.61 Å². The molecule has 0 aliphatic rings. The molecule has 0 rings (SSSR count). The fraction of sp³-hybridized carbons (Fsp3) is 0.600. The van der Waals surface area contributed by atoms with Gasteiger partial charge in [-0.2, -0.15) is 0 Å². The first-order valence-electron chi connectivity index (χ1n) is 3.01. The van der Waals surface area contributed by atoms with Gasteiger partial charge in [-0.25, -0.2) is 0 Å². The van der Waals surface area contributed by atoms with Crippen LogP contribution < -0.4 is 51.4 Å². The first-order chi connectivity index (χ1) is 4.56. The average molecular weight is 192 g/mol. The van der Waals surface area contributed by atoms with Crippen molar-refractivity contribution in [2.45, 2.75) is 6.92 Å². The van der Waals surface area contributed by atoms with Gasteiger partial charge in [0.2, 0.25) is 0 Å². The van der Waals surface area contributed by atoms with Crippen molar-refractivity contribution in [2.75, 3.05) is 13.2 Å². The molecule has 0 saturated carbocycles. The van der Waals surface area contributed by atoms with Crippen LogP contribution in [0.15, 0.2) is 12.1 Å². The predicted octanol–water partition coefficient (Wildman–Crippen LogP) is -1.03. The molecule has 0 aromatic rings. The topological polar surface area (TPSA) is 9.23 Å². The molecule has 0 aromatic heterocycles. The summed E-state index contributed by atoms with van der Waals surface area (Å²) in [7, 11) is 0. The molecule has 6 heteroatoms. The first-order valence-corrected chi connectivity index (χ1v) is 3.01. The summed E-state index contributed by atoms with van der Waals surface area (Å²) in [6.07, 6.45) is 0.976. The summed E-state index contributed by atoms with van der Waals surface area (Å²) in [6.45, 7) is -2.57. The van der Waals surface area contributed by atoms with E-state index < -0.39 is 6.98 Å². The molecular weight excluding hydrogens is 183 g/mol. The Labute approximate surface area is 107 Å². The second-order valence-electron chi connectivity index (χ2n) is 1.71. The SMILES string of the molecule is CCOC/C=C/[B-](F)(F)F.[K+]. The molecule has 0 aliphatic heterocycles. The van der Waals surface area contributed by atoms with E-state index in [2.05, 4.69) is 4.74 Å². The van der Waals surface area contributed by atoms with Gasteiger partial charge in [-0.1, -0.05) is 6.08 Å². The monoisotopic (exact) mass is 192 g/mol. The van der Waals surface area contributed by atoms with Gasteiger partial charge in [-0.3, -0.25) is 0 Å². The van der Waals surface area contributed by atoms with Crippen molar-refractivity contribution in [1.82, 2.24) is 0 Å². The van der Waals surface area contributed by atoms with Crippen LogP contribution in [0.4, 0.5) is 12.9 Å². The summed E-state index contributed by atoms with van der Waals surface area (Å²) in [5.41, 5.74) is 0. The van der Waals surface area contributed by atoms with Crippen LogP contribution in [-0.2, 0) is 4.74 Å². The van der Waals surface area contributed by atoms with Gasteiger partial charge in [0.1, 0.15) is 0 Å². The van der Waals surface area contributed by atoms with E-state index in [-0.39, 0.29) is 64.0 Å². The zero-order valence-corrected chi connectivity index (χ0v) is 9.81. The summed E-state index contributed by atoms with van der Waals surface area (Å²) in [5, 5.41) is 0. The third-order valence-electron chi connectivity index (χ3n) is 0.773.